The second-order valence-electron chi connectivity index (χ2n) is 5.01. The predicted molar refractivity (Wildman–Crippen MR) is 68.5 cm³/mol. The molecule has 7 nitrogen and oxygen atoms in total. The fraction of sp³-hybridized carbons (Fsp3) is 0.818. The minimum absolute atomic E-state index is 0.0610. The molecule has 3 rings (SSSR count). The third-order valence-electron chi connectivity index (χ3n) is 3.67. The maximum absolute atomic E-state index is 11.7. The summed E-state index contributed by atoms with van der Waals surface area (Å²) in [6, 6.07) is 0. The Morgan fingerprint density at radius 3 is 2.80 bits per heavy atom. The van der Waals surface area contributed by atoms with Crippen LogP contribution in [0.2, 0.25) is 0 Å². The van der Waals surface area contributed by atoms with Crippen LogP contribution in [0.1, 0.15) is 19.8 Å². The van der Waals surface area contributed by atoms with E-state index in [4.69, 9.17) is 13.7 Å². The summed E-state index contributed by atoms with van der Waals surface area (Å²) in [7, 11) is -3.59. The topological polar surface area (TPSA) is 96.0 Å². The monoisotopic (exact) mass is 322 g/mol. The molecular weight excluding hydrogens is 308 g/mol. The number of hydrogen-bond donors (Lipinski definition) is 0. The van der Waals surface area contributed by atoms with E-state index in [0.717, 1.165) is 11.8 Å². The van der Waals surface area contributed by atoms with Gasteiger partial charge in [-0.15, -0.1) is 0 Å². The van der Waals surface area contributed by atoms with Crippen molar-refractivity contribution < 1.29 is 31.7 Å². The highest BCUT2D eigenvalue weighted by molar-refractivity contribution is 8.13. The highest BCUT2D eigenvalue weighted by Gasteiger charge is 2.67. The first-order valence-corrected chi connectivity index (χ1v) is 8.74. The molecule has 5 unspecified atom stereocenters. The Bertz CT molecular complexity index is 543. The number of thioether (sulfide) groups is 1. The molecule has 112 valence electrons. The third kappa shape index (κ3) is 2.36. The lowest BCUT2D eigenvalue weighted by molar-refractivity contribution is -0.154. The van der Waals surface area contributed by atoms with E-state index in [1.807, 2.05) is 0 Å². The summed E-state index contributed by atoms with van der Waals surface area (Å²) in [5, 5.41) is -0.685. The van der Waals surface area contributed by atoms with Crippen molar-refractivity contribution in [1.82, 2.24) is 0 Å². The lowest BCUT2D eigenvalue weighted by atomic mass is 9.94. The summed E-state index contributed by atoms with van der Waals surface area (Å²) < 4.78 is 39.1. The summed E-state index contributed by atoms with van der Waals surface area (Å²) in [5.41, 5.74) is 0. The maximum Gasteiger partial charge on any atom is 0.307 e. The molecule has 0 amide bonds. The van der Waals surface area contributed by atoms with Crippen LogP contribution < -0.4 is 0 Å². The van der Waals surface area contributed by atoms with Gasteiger partial charge in [-0.05, 0) is 6.42 Å². The number of rotatable bonds is 4. The molecule has 2 bridgehead atoms. The van der Waals surface area contributed by atoms with Gasteiger partial charge in [0.05, 0.1) is 12.5 Å². The molecule has 0 aromatic carbocycles. The van der Waals surface area contributed by atoms with Gasteiger partial charge in [0.25, 0.3) is 10.1 Å². The van der Waals surface area contributed by atoms with Crippen molar-refractivity contribution in [2.75, 3.05) is 5.75 Å². The van der Waals surface area contributed by atoms with Crippen LogP contribution in [0.4, 0.5) is 0 Å². The van der Waals surface area contributed by atoms with Crippen molar-refractivity contribution in [3.8, 4) is 0 Å². The molecule has 0 N–H and O–H groups in total. The second kappa shape index (κ2) is 4.97. The van der Waals surface area contributed by atoms with Crippen LogP contribution in [0.5, 0.6) is 0 Å². The van der Waals surface area contributed by atoms with Crippen molar-refractivity contribution >= 4 is 33.0 Å². The summed E-state index contributed by atoms with van der Waals surface area (Å²) >= 11 is 1.05. The van der Waals surface area contributed by atoms with Crippen LogP contribution in [0, 0.1) is 0 Å². The lowest BCUT2D eigenvalue weighted by Crippen LogP contribution is -2.41. The lowest BCUT2D eigenvalue weighted by Gasteiger charge is -2.21. The molecule has 0 aromatic heterocycles. The fourth-order valence-corrected chi connectivity index (χ4v) is 5.06. The second-order valence-corrected chi connectivity index (χ2v) is 8.07. The quantitative estimate of drug-likeness (QED) is 0.520. The Kier molecular flexibility index (Phi) is 3.56. The average molecular weight is 322 g/mol. The molecule has 3 aliphatic rings. The summed E-state index contributed by atoms with van der Waals surface area (Å²) in [4.78, 5) is 22.4. The van der Waals surface area contributed by atoms with Crippen molar-refractivity contribution in [3.63, 3.8) is 0 Å². The first kappa shape index (κ1) is 14.3. The molecule has 9 heteroatoms. The molecule has 0 aliphatic carbocycles. The molecule has 3 heterocycles. The van der Waals surface area contributed by atoms with E-state index in [-0.39, 0.29) is 11.5 Å². The summed E-state index contributed by atoms with van der Waals surface area (Å²) in [6.07, 6.45) is -1.90. The Hall–Kier alpha value is -0.640. The van der Waals surface area contributed by atoms with Gasteiger partial charge < -0.3 is 9.47 Å². The Balaban J connectivity index is 1.58. The van der Waals surface area contributed by atoms with Gasteiger partial charge in [0, 0.05) is 12.7 Å². The van der Waals surface area contributed by atoms with Gasteiger partial charge in [-0.25, -0.2) is 0 Å². The zero-order chi connectivity index (χ0) is 14.5. The van der Waals surface area contributed by atoms with Gasteiger partial charge in [0.15, 0.2) is 11.2 Å². The number of ether oxygens (including phenoxy) is 2. The van der Waals surface area contributed by atoms with E-state index < -0.39 is 45.8 Å². The van der Waals surface area contributed by atoms with Crippen LogP contribution in [0.25, 0.3) is 0 Å². The zero-order valence-electron chi connectivity index (χ0n) is 10.7. The predicted octanol–water partition coefficient (Wildman–Crippen LogP) is -0.164. The van der Waals surface area contributed by atoms with Gasteiger partial charge in [0.2, 0.25) is 0 Å². The summed E-state index contributed by atoms with van der Waals surface area (Å²) in [5.74, 6) is -0.119. The van der Waals surface area contributed by atoms with E-state index in [0.29, 0.717) is 12.2 Å². The Morgan fingerprint density at radius 2 is 2.10 bits per heavy atom. The molecule has 3 fully saturated rings. The standard InChI is InChI=1S/C11H14O7S2/c1-5(12)19-3-2-8(13)17-9-6-4-7-10(16-6)11(9)18-20(7,14)15/h6-7,9-11H,2-4H2,1H3. The molecule has 0 spiro atoms. The summed E-state index contributed by atoms with van der Waals surface area (Å²) in [6.45, 7) is 1.43. The number of hydrogen-bond acceptors (Lipinski definition) is 8. The first-order chi connectivity index (χ1) is 9.38. The third-order valence-corrected chi connectivity index (χ3v) is 6.18. The van der Waals surface area contributed by atoms with Crippen molar-refractivity contribution in [2.24, 2.45) is 0 Å². The normalized spacial score (nSPS) is 40.0. The van der Waals surface area contributed by atoms with Crippen LogP contribution in [-0.2, 0) is 33.4 Å². The molecule has 0 aromatic rings. The average Bonchev–Trinajstić information content (AvgIpc) is 2.92. The van der Waals surface area contributed by atoms with E-state index in [9.17, 15) is 18.0 Å². The highest BCUT2D eigenvalue weighted by Crippen LogP contribution is 2.47. The SMILES string of the molecule is CC(=O)SCCC(=O)OC1C2CC3C(O2)C1OS3(=O)=O. The number of esters is 1. The molecule has 3 aliphatic heterocycles. The maximum atomic E-state index is 11.7. The van der Waals surface area contributed by atoms with E-state index in [1.165, 1.54) is 6.92 Å². The molecule has 3 saturated heterocycles. The largest absolute Gasteiger partial charge is 0.457 e. The van der Waals surface area contributed by atoms with Gasteiger partial charge in [-0.2, -0.15) is 8.42 Å². The number of fused-ring (bicyclic) bond motifs is 1. The van der Waals surface area contributed by atoms with E-state index in [2.05, 4.69) is 0 Å². The molecule has 0 saturated carbocycles. The molecule has 0 radical (unpaired) electrons. The first-order valence-electron chi connectivity index (χ1n) is 6.29. The minimum atomic E-state index is -3.59. The van der Waals surface area contributed by atoms with Crippen LogP contribution in [0.15, 0.2) is 0 Å². The van der Waals surface area contributed by atoms with Crippen LogP contribution in [-0.4, -0.2) is 54.9 Å². The smallest absolute Gasteiger partial charge is 0.307 e. The van der Waals surface area contributed by atoms with Gasteiger partial charge >= 0.3 is 5.97 Å². The van der Waals surface area contributed by atoms with Crippen molar-refractivity contribution in [2.45, 2.75) is 49.4 Å². The number of carbonyl (C=O) groups is 2. The van der Waals surface area contributed by atoms with E-state index >= 15 is 0 Å². The minimum Gasteiger partial charge on any atom is -0.457 e. The molecule has 5 atom stereocenters. The number of carbonyl (C=O) groups excluding carboxylic acids is 2. The molecule has 20 heavy (non-hydrogen) atoms. The van der Waals surface area contributed by atoms with Crippen molar-refractivity contribution in [1.29, 1.82) is 0 Å². The highest BCUT2D eigenvalue weighted by atomic mass is 32.2. The Labute approximate surface area is 120 Å². The van der Waals surface area contributed by atoms with Crippen LogP contribution in [0.3, 0.4) is 0 Å². The fourth-order valence-electron chi connectivity index (χ4n) is 2.86. The van der Waals surface area contributed by atoms with E-state index in [1.54, 1.807) is 0 Å². The van der Waals surface area contributed by atoms with Crippen molar-refractivity contribution in [3.05, 3.63) is 0 Å². The van der Waals surface area contributed by atoms with Gasteiger partial charge in [0.1, 0.15) is 17.5 Å². The zero-order valence-corrected chi connectivity index (χ0v) is 12.3. The van der Waals surface area contributed by atoms with Gasteiger partial charge in [-0.3, -0.25) is 13.8 Å². The van der Waals surface area contributed by atoms with Gasteiger partial charge in [-0.1, -0.05) is 11.8 Å². The van der Waals surface area contributed by atoms with Crippen LogP contribution >= 0.6 is 11.8 Å². The molecular formula is C11H14O7S2. The Morgan fingerprint density at radius 1 is 1.35 bits per heavy atom.